The van der Waals surface area contributed by atoms with Crippen molar-refractivity contribution >= 4 is 5.78 Å². The van der Waals surface area contributed by atoms with E-state index in [1.165, 1.54) is 11.1 Å². The van der Waals surface area contributed by atoms with Crippen molar-refractivity contribution in [3.63, 3.8) is 0 Å². The highest BCUT2D eigenvalue weighted by molar-refractivity contribution is 5.92. The normalized spacial score (nSPS) is 30.1. The molecule has 1 fully saturated rings. The third-order valence-corrected chi connectivity index (χ3v) is 5.37. The Balaban J connectivity index is 2.17. The molecular formula is C22H22O. The van der Waals surface area contributed by atoms with E-state index in [-0.39, 0.29) is 23.5 Å². The molecular weight excluding hydrogens is 280 g/mol. The van der Waals surface area contributed by atoms with E-state index in [1.54, 1.807) is 0 Å². The molecule has 0 bridgehead atoms. The molecule has 0 aliphatic heterocycles. The Bertz CT molecular complexity index is 726. The zero-order valence-electron chi connectivity index (χ0n) is 13.7. The first kappa shape index (κ1) is 15.6. The molecule has 1 nitrogen and oxygen atoms in total. The monoisotopic (exact) mass is 302 g/mol. The van der Waals surface area contributed by atoms with Crippen molar-refractivity contribution in [1.29, 1.82) is 0 Å². The first-order valence-electron chi connectivity index (χ1n) is 8.17. The molecule has 0 saturated heterocycles. The van der Waals surface area contributed by atoms with Gasteiger partial charge in [-0.05, 0) is 11.1 Å². The molecule has 1 aliphatic carbocycles. The lowest BCUT2D eigenvalue weighted by Crippen LogP contribution is -2.29. The Morgan fingerprint density at radius 1 is 1.00 bits per heavy atom. The molecule has 0 N–H and O–H groups in total. The van der Waals surface area contributed by atoms with Crippen LogP contribution in [0.2, 0.25) is 0 Å². The second kappa shape index (κ2) is 6.05. The van der Waals surface area contributed by atoms with Gasteiger partial charge in [0.15, 0.2) is 0 Å². The summed E-state index contributed by atoms with van der Waals surface area (Å²) in [5.74, 6) is 3.30. The maximum absolute atomic E-state index is 13.1. The van der Waals surface area contributed by atoms with E-state index in [4.69, 9.17) is 6.42 Å². The van der Waals surface area contributed by atoms with Crippen molar-refractivity contribution in [1.82, 2.24) is 0 Å². The molecule has 0 heterocycles. The van der Waals surface area contributed by atoms with E-state index < -0.39 is 5.41 Å². The predicted molar refractivity (Wildman–Crippen MR) is 94.1 cm³/mol. The van der Waals surface area contributed by atoms with Crippen LogP contribution in [0.5, 0.6) is 0 Å². The molecule has 0 spiro atoms. The molecule has 116 valence electrons. The lowest BCUT2D eigenvalue weighted by Gasteiger charge is -2.32. The van der Waals surface area contributed by atoms with Gasteiger partial charge in [0.25, 0.3) is 0 Å². The van der Waals surface area contributed by atoms with Crippen molar-refractivity contribution in [3.05, 3.63) is 71.8 Å². The van der Waals surface area contributed by atoms with Gasteiger partial charge in [-0.1, -0.05) is 74.5 Å². The summed E-state index contributed by atoms with van der Waals surface area (Å²) >= 11 is 0. The largest absolute Gasteiger partial charge is 0.299 e. The number of hydrogen-bond acceptors (Lipinski definition) is 1. The second-order valence-corrected chi connectivity index (χ2v) is 6.78. The van der Waals surface area contributed by atoms with Crippen molar-refractivity contribution in [3.8, 4) is 12.3 Å². The summed E-state index contributed by atoms with van der Waals surface area (Å²) < 4.78 is 0. The minimum atomic E-state index is -0.504. The topological polar surface area (TPSA) is 17.1 Å². The second-order valence-electron chi connectivity index (χ2n) is 6.78. The average Bonchev–Trinajstić information content (AvgIpc) is 2.78. The van der Waals surface area contributed by atoms with Gasteiger partial charge in [-0.2, -0.15) is 0 Å². The standard InChI is InChI=1S/C22H22O/c1-4-15-22(3)20(18-13-9-6-10-14-18)19(16(2)21(22)23)17-11-7-5-8-12-17/h1,5-14,16,19-20H,15H2,2-3H3/t16-,19+,20+,22+/m0/s1. The Morgan fingerprint density at radius 3 is 2.04 bits per heavy atom. The molecule has 0 amide bonds. The average molecular weight is 302 g/mol. The summed E-state index contributed by atoms with van der Waals surface area (Å²) in [6, 6.07) is 20.7. The van der Waals surface area contributed by atoms with E-state index in [0.717, 1.165) is 0 Å². The number of rotatable bonds is 3. The number of benzene rings is 2. The van der Waals surface area contributed by atoms with E-state index in [2.05, 4.69) is 37.1 Å². The summed E-state index contributed by atoms with van der Waals surface area (Å²) in [5, 5.41) is 0. The van der Waals surface area contributed by atoms with E-state index >= 15 is 0 Å². The Kier molecular flexibility index (Phi) is 4.09. The van der Waals surface area contributed by atoms with Crippen LogP contribution in [0, 0.1) is 23.7 Å². The van der Waals surface area contributed by atoms with Gasteiger partial charge in [0.1, 0.15) is 5.78 Å². The van der Waals surface area contributed by atoms with Gasteiger partial charge >= 0.3 is 0 Å². The third kappa shape index (κ3) is 2.49. The molecule has 0 aromatic heterocycles. The van der Waals surface area contributed by atoms with Crippen LogP contribution >= 0.6 is 0 Å². The minimum absolute atomic E-state index is 0.0269. The Labute approximate surface area is 138 Å². The van der Waals surface area contributed by atoms with Crippen LogP contribution in [0.3, 0.4) is 0 Å². The first-order valence-corrected chi connectivity index (χ1v) is 8.17. The Morgan fingerprint density at radius 2 is 1.52 bits per heavy atom. The molecule has 2 aromatic rings. The van der Waals surface area contributed by atoms with Crippen LogP contribution in [-0.4, -0.2) is 5.78 Å². The van der Waals surface area contributed by atoms with E-state index in [0.29, 0.717) is 6.42 Å². The van der Waals surface area contributed by atoms with Crippen LogP contribution in [-0.2, 0) is 4.79 Å². The zero-order chi connectivity index (χ0) is 16.4. The molecule has 4 atom stereocenters. The van der Waals surface area contributed by atoms with Gasteiger partial charge in [0, 0.05) is 29.6 Å². The molecule has 1 heteroatoms. The fourth-order valence-electron chi connectivity index (χ4n) is 4.32. The van der Waals surface area contributed by atoms with Gasteiger partial charge in [-0.25, -0.2) is 0 Å². The van der Waals surface area contributed by atoms with Crippen molar-refractivity contribution < 1.29 is 4.79 Å². The quantitative estimate of drug-likeness (QED) is 0.744. The number of carbonyl (C=O) groups is 1. The zero-order valence-corrected chi connectivity index (χ0v) is 13.7. The molecule has 1 aliphatic rings. The van der Waals surface area contributed by atoms with Gasteiger partial charge < -0.3 is 0 Å². The number of hydrogen-bond donors (Lipinski definition) is 0. The van der Waals surface area contributed by atoms with Crippen LogP contribution in [0.4, 0.5) is 0 Å². The molecule has 2 aromatic carbocycles. The van der Waals surface area contributed by atoms with Gasteiger partial charge in [0.2, 0.25) is 0 Å². The third-order valence-electron chi connectivity index (χ3n) is 5.37. The lowest BCUT2D eigenvalue weighted by molar-refractivity contribution is -0.128. The summed E-state index contributed by atoms with van der Waals surface area (Å²) in [6.07, 6.45) is 6.11. The number of carbonyl (C=O) groups excluding carboxylic acids is 1. The van der Waals surface area contributed by atoms with Crippen LogP contribution in [0.1, 0.15) is 43.2 Å². The van der Waals surface area contributed by atoms with Crippen molar-refractivity contribution in [2.45, 2.75) is 32.1 Å². The summed E-state index contributed by atoms with van der Waals surface area (Å²) in [6.45, 7) is 4.10. The number of terminal acetylenes is 1. The number of ketones is 1. The molecule has 3 rings (SSSR count). The minimum Gasteiger partial charge on any atom is -0.299 e. The molecule has 23 heavy (non-hydrogen) atoms. The molecule has 0 unspecified atom stereocenters. The molecule has 1 saturated carbocycles. The van der Waals surface area contributed by atoms with E-state index in [1.807, 2.05) is 43.3 Å². The van der Waals surface area contributed by atoms with Crippen LogP contribution in [0.25, 0.3) is 0 Å². The highest BCUT2D eigenvalue weighted by atomic mass is 16.1. The predicted octanol–water partition coefficient (Wildman–Crippen LogP) is 4.80. The van der Waals surface area contributed by atoms with Crippen molar-refractivity contribution in [2.24, 2.45) is 11.3 Å². The summed E-state index contributed by atoms with van der Waals surface area (Å²) in [4.78, 5) is 13.1. The SMILES string of the molecule is C#CC[C@@]1(C)C(=O)[C@@H](C)[C@H](c2ccccc2)[C@H]1c1ccccc1. The maximum atomic E-state index is 13.1. The highest BCUT2D eigenvalue weighted by Gasteiger charge is 2.56. The smallest absolute Gasteiger partial charge is 0.143 e. The molecule has 0 radical (unpaired) electrons. The van der Waals surface area contributed by atoms with Crippen LogP contribution < -0.4 is 0 Å². The summed E-state index contributed by atoms with van der Waals surface area (Å²) in [7, 11) is 0. The van der Waals surface area contributed by atoms with Gasteiger partial charge in [0.05, 0.1) is 0 Å². The van der Waals surface area contributed by atoms with Gasteiger partial charge in [-0.3, -0.25) is 4.79 Å². The fraction of sp³-hybridized carbons (Fsp3) is 0.318. The van der Waals surface area contributed by atoms with Crippen LogP contribution in [0.15, 0.2) is 60.7 Å². The maximum Gasteiger partial charge on any atom is 0.143 e. The van der Waals surface area contributed by atoms with Crippen molar-refractivity contribution in [2.75, 3.05) is 0 Å². The highest BCUT2D eigenvalue weighted by Crippen LogP contribution is 2.58. The summed E-state index contributed by atoms with van der Waals surface area (Å²) in [5.41, 5.74) is 1.93. The first-order chi connectivity index (χ1) is 11.1. The number of Topliss-reactive ketones (excluding diaryl/α,β-unsaturated/α-hetero) is 1. The van der Waals surface area contributed by atoms with E-state index in [9.17, 15) is 4.79 Å². The Hall–Kier alpha value is -2.33. The lowest BCUT2D eigenvalue weighted by atomic mass is 9.69. The fourth-order valence-corrected chi connectivity index (χ4v) is 4.32. The van der Waals surface area contributed by atoms with Gasteiger partial charge in [-0.15, -0.1) is 12.3 Å².